The molecule has 0 amide bonds. The average molecular weight is 400 g/mol. The molecule has 0 spiro atoms. The van der Waals surface area contributed by atoms with Crippen LogP contribution in [0.25, 0.3) is 22.5 Å². The molecular formula is C25H18F2N2O. The zero-order valence-electron chi connectivity index (χ0n) is 16.5. The van der Waals surface area contributed by atoms with Crippen molar-refractivity contribution in [2.45, 2.75) is 13.8 Å². The van der Waals surface area contributed by atoms with E-state index >= 15 is 0 Å². The van der Waals surface area contributed by atoms with Crippen LogP contribution in [0.3, 0.4) is 0 Å². The largest absolute Gasteiger partial charge is 0.289 e. The van der Waals surface area contributed by atoms with Crippen molar-refractivity contribution in [3.8, 4) is 22.5 Å². The molecule has 0 fully saturated rings. The van der Waals surface area contributed by atoms with Gasteiger partial charge in [0, 0.05) is 34.6 Å². The fourth-order valence-electron chi connectivity index (χ4n) is 3.44. The van der Waals surface area contributed by atoms with Crippen molar-refractivity contribution in [2.24, 2.45) is 0 Å². The predicted molar refractivity (Wildman–Crippen MR) is 112 cm³/mol. The molecule has 30 heavy (non-hydrogen) atoms. The molecule has 4 rings (SSSR count). The summed E-state index contributed by atoms with van der Waals surface area (Å²) in [4.78, 5) is 22.0. The molecule has 0 bridgehead atoms. The second kappa shape index (κ2) is 7.95. The monoisotopic (exact) mass is 400 g/mol. The average Bonchev–Trinajstić information content (AvgIpc) is 2.73. The van der Waals surface area contributed by atoms with Gasteiger partial charge in [-0.3, -0.25) is 14.8 Å². The Labute approximate surface area is 173 Å². The Balaban J connectivity index is 1.93. The molecule has 0 aliphatic rings. The van der Waals surface area contributed by atoms with Crippen molar-refractivity contribution in [1.82, 2.24) is 9.97 Å². The molecule has 0 saturated carbocycles. The van der Waals surface area contributed by atoms with Gasteiger partial charge in [-0.1, -0.05) is 24.3 Å². The highest BCUT2D eigenvalue weighted by molar-refractivity contribution is 6.15. The van der Waals surface area contributed by atoms with E-state index in [1.54, 1.807) is 36.7 Å². The fourth-order valence-corrected chi connectivity index (χ4v) is 3.44. The van der Waals surface area contributed by atoms with Crippen LogP contribution >= 0.6 is 0 Å². The number of pyridine rings is 2. The van der Waals surface area contributed by atoms with Crippen LogP contribution in [0.1, 0.15) is 27.0 Å². The second-order valence-electron chi connectivity index (χ2n) is 7.09. The van der Waals surface area contributed by atoms with Crippen LogP contribution in [-0.2, 0) is 0 Å². The maximum atomic E-state index is 14.8. The lowest BCUT2D eigenvalue weighted by Gasteiger charge is -2.13. The third-order valence-corrected chi connectivity index (χ3v) is 4.86. The number of carbonyl (C=O) groups is 1. The molecule has 0 N–H and O–H groups in total. The molecular weight excluding hydrogens is 382 g/mol. The van der Waals surface area contributed by atoms with E-state index in [9.17, 15) is 13.6 Å². The Morgan fingerprint density at radius 1 is 0.700 bits per heavy atom. The number of hydrogen-bond acceptors (Lipinski definition) is 3. The summed E-state index contributed by atoms with van der Waals surface area (Å²) in [7, 11) is 0. The molecule has 3 nitrogen and oxygen atoms in total. The zero-order chi connectivity index (χ0) is 21.3. The first kappa shape index (κ1) is 19.6. The number of aromatic nitrogens is 2. The normalized spacial score (nSPS) is 10.8. The molecule has 0 unspecified atom stereocenters. The first-order valence-electron chi connectivity index (χ1n) is 9.43. The minimum Gasteiger partial charge on any atom is -0.289 e. The van der Waals surface area contributed by atoms with E-state index in [0.717, 1.165) is 11.1 Å². The number of benzene rings is 2. The van der Waals surface area contributed by atoms with Gasteiger partial charge in [0.25, 0.3) is 0 Å². The molecule has 0 aliphatic carbocycles. The van der Waals surface area contributed by atoms with E-state index in [2.05, 4.69) is 9.97 Å². The van der Waals surface area contributed by atoms with Crippen LogP contribution in [-0.4, -0.2) is 15.8 Å². The van der Waals surface area contributed by atoms with Crippen LogP contribution in [0, 0.1) is 25.5 Å². The van der Waals surface area contributed by atoms with Gasteiger partial charge >= 0.3 is 0 Å². The van der Waals surface area contributed by atoms with E-state index in [1.165, 1.54) is 36.4 Å². The lowest BCUT2D eigenvalue weighted by Crippen LogP contribution is -2.09. The SMILES string of the molecule is Cc1ccnc(-c2c(F)cccc2C(=O)c2cccc(F)c2-c2cc(C)ccn2)c1. The number of nitrogens with zero attached hydrogens (tertiary/aromatic N) is 2. The standard InChI is InChI=1S/C25H18F2N2O/c1-15-9-11-28-21(13-15)23-17(5-3-7-19(23)26)25(30)18-6-4-8-20(27)24(18)22-14-16(2)10-12-29-22/h3-14H,1-2H3. The van der Waals surface area contributed by atoms with Gasteiger partial charge < -0.3 is 0 Å². The number of aryl methyl sites for hydroxylation is 2. The lowest BCUT2D eigenvalue weighted by molar-refractivity contribution is 0.103. The quantitative estimate of drug-likeness (QED) is 0.398. The Morgan fingerprint density at radius 3 is 1.53 bits per heavy atom. The van der Waals surface area contributed by atoms with Crippen molar-refractivity contribution in [3.05, 3.63) is 107 Å². The molecule has 5 heteroatoms. The Kier molecular flexibility index (Phi) is 5.19. The minimum atomic E-state index is -0.564. The van der Waals surface area contributed by atoms with Gasteiger partial charge in [-0.05, 0) is 61.4 Å². The maximum absolute atomic E-state index is 14.8. The van der Waals surface area contributed by atoms with Crippen LogP contribution in [0.2, 0.25) is 0 Å². The van der Waals surface area contributed by atoms with E-state index in [4.69, 9.17) is 0 Å². The molecule has 148 valence electrons. The summed E-state index contributed by atoms with van der Waals surface area (Å²) in [6.07, 6.45) is 3.13. The molecule has 0 aliphatic heterocycles. The van der Waals surface area contributed by atoms with Gasteiger partial charge in [0.15, 0.2) is 5.78 Å². The van der Waals surface area contributed by atoms with Gasteiger partial charge in [0.2, 0.25) is 0 Å². The number of halogens is 2. The summed E-state index contributed by atoms with van der Waals surface area (Å²) >= 11 is 0. The lowest BCUT2D eigenvalue weighted by atomic mass is 9.91. The molecule has 0 saturated heterocycles. The number of ketones is 1. The van der Waals surface area contributed by atoms with Gasteiger partial charge in [0.1, 0.15) is 11.6 Å². The summed E-state index contributed by atoms with van der Waals surface area (Å²) in [6.45, 7) is 3.73. The molecule has 2 aromatic carbocycles. The van der Waals surface area contributed by atoms with Gasteiger partial charge in [-0.25, -0.2) is 8.78 Å². The molecule has 0 atom stereocenters. The van der Waals surface area contributed by atoms with Crippen molar-refractivity contribution in [3.63, 3.8) is 0 Å². The summed E-state index contributed by atoms with van der Waals surface area (Å²) in [6, 6.07) is 15.6. The van der Waals surface area contributed by atoms with E-state index in [1.807, 2.05) is 13.8 Å². The molecule has 4 aromatic rings. The number of hydrogen-bond donors (Lipinski definition) is 0. The van der Waals surface area contributed by atoms with Crippen LogP contribution < -0.4 is 0 Å². The van der Waals surface area contributed by atoms with Gasteiger partial charge in [-0.15, -0.1) is 0 Å². The Morgan fingerprint density at radius 2 is 1.13 bits per heavy atom. The van der Waals surface area contributed by atoms with E-state index in [0.29, 0.717) is 11.4 Å². The van der Waals surface area contributed by atoms with Crippen LogP contribution in [0.5, 0.6) is 0 Å². The molecule has 0 radical (unpaired) electrons. The third-order valence-electron chi connectivity index (χ3n) is 4.86. The first-order valence-corrected chi connectivity index (χ1v) is 9.43. The Hall–Kier alpha value is -3.73. The molecule has 2 heterocycles. The fraction of sp³-hybridized carbons (Fsp3) is 0.0800. The van der Waals surface area contributed by atoms with Crippen molar-refractivity contribution in [2.75, 3.05) is 0 Å². The van der Waals surface area contributed by atoms with Gasteiger partial charge in [-0.2, -0.15) is 0 Å². The van der Waals surface area contributed by atoms with Crippen molar-refractivity contribution >= 4 is 5.78 Å². The topological polar surface area (TPSA) is 42.9 Å². The highest BCUT2D eigenvalue weighted by Crippen LogP contribution is 2.32. The summed E-state index contributed by atoms with van der Waals surface area (Å²) in [5, 5.41) is 0. The number of rotatable bonds is 4. The third kappa shape index (κ3) is 3.62. The van der Waals surface area contributed by atoms with Crippen LogP contribution in [0.4, 0.5) is 8.78 Å². The minimum absolute atomic E-state index is 0.0959. The first-order chi connectivity index (χ1) is 14.5. The predicted octanol–water partition coefficient (Wildman–Crippen LogP) is 5.94. The second-order valence-corrected chi connectivity index (χ2v) is 7.09. The maximum Gasteiger partial charge on any atom is 0.194 e. The van der Waals surface area contributed by atoms with Crippen molar-refractivity contribution in [1.29, 1.82) is 0 Å². The van der Waals surface area contributed by atoms with E-state index < -0.39 is 17.4 Å². The summed E-state index contributed by atoms with van der Waals surface area (Å²) < 4.78 is 29.6. The molecule has 2 aromatic heterocycles. The Bertz CT molecular complexity index is 1170. The highest BCUT2D eigenvalue weighted by Gasteiger charge is 2.24. The number of carbonyl (C=O) groups excluding carboxylic acids is 1. The van der Waals surface area contributed by atoms with Gasteiger partial charge in [0.05, 0.1) is 11.4 Å². The highest BCUT2D eigenvalue weighted by atomic mass is 19.1. The van der Waals surface area contributed by atoms with E-state index in [-0.39, 0.29) is 22.3 Å². The van der Waals surface area contributed by atoms with Crippen LogP contribution in [0.15, 0.2) is 73.1 Å². The summed E-state index contributed by atoms with van der Waals surface area (Å²) in [5.74, 6) is -1.62. The van der Waals surface area contributed by atoms with Crippen molar-refractivity contribution < 1.29 is 13.6 Å². The zero-order valence-corrected chi connectivity index (χ0v) is 16.5. The smallest absolute Gasteiger partial charge is 0.194 e. The summed E-state index contributed by atoms with van der Waals surface area (Å²) in [5.41, 5.74) is 2.90.